The molecule has 154 valence electrons. The normalized spacial score (nSPS) is 16.7. The molecule has 0 fully saturated rings. The predicted octanol–water partition coefficient (Wildman–Crippen LogP) is 1.55. The molecular formula is C16H19F2N2O7P. The number of halogens is 2. The number of hydrogen-bond donors (Lipinski definition) is 2. The van der Waals surface area contributed by atoms with E-state index < -0.39 is 51.0 Å². The highest BCUT2D eigenvalue weighted by molar-refractivity contribution is 7.33. The summed E-state index contributed by atoms with van der Waals surface area (Å²) in [7, 11) is -3.22. The van der Waals surface area contributed by atoms with Crippen molar-refractivity contribution in [2.24, 2.45) is 0 Å². The van der Waals surface area contributed by atoms with Crippen molar-refractivity contribution in [2.75, 3.05) is 13.3 Å². The summed E-state index contributed by atoms with van der Waals surface area (Å²) in [6, 6.07) is 8.86. The van der Waals surface area contributed by atoms with E-state index >= 15 is 4.39 Å². The number of nitrogens with one attached hydrogen (secondary N) is 1. The third-order valence-electron chi connectivity index (χ3n) is 3.58. The van der Waals surface area contributed by atoms with Crippen LogP contribution < -0.4 is 15.8 Å². The molecule has 2 rings (SSSR count). The van der Waals surface area contributed by atoms with Crippen molar-refractivity contribution in [3.63, 3.8) is 0 Å². The summed E-state index contributed by atoms with van der Waals surface area (Å²) in [6.45, 7) is -1.42. The first-order valence-corrected chi connectivity index (χ1v) is 9.29. The van der Waals surface area contributed by atoms with Crippen LogP contribution in [0.3, 0.4) is 0 Å². The van der Waals surface area contributed by atoms with Crippen molar-refractivity contribution >= 4 is 8.25 Å². The lowest BCUT2D eigenvalue weighted by Crippen LogP contribution is -2.46. The Morgan fingerprint density at radius 3 is 2.54 bits per heavy atom. The summed E-state index contributed by atoms with van der Waals surface area (Å²) >= 11 is 0. The number of aliphatic hydroxyl groups is 1. The van der Waals surface area contributed by atoms with E-state index in [4.69, 9.17) is 13.8 Å². The average Bonchev–Trinajstić information content (AvgIpc) is 2.65. The molecule has 9 nitrogen and oxygen atoms in total. The van der Waals surface area contributed by atoms with Crippen LogP contribution in [-0.2, 0) is 13.8 Å². The summed E-state index contributed by atoms with van der Waals surface area (Å²) in [5.41, 5.74) is -1.77. The van der Waals surface area contributed by atoms with Crippen molar-refractivity contribution in [1.82, 2.24) is 9.55 Å². The monoisotopic (exact) mass is 420 g/mol. The van der Waals surface area contributed by atoms with Crippen LogP contribution in [0, 0.1) is 0 Å². The molecule has 1 unspecified atom stereocenters. The quantitative estimate of drug-likeness (QED) is 0.560. The molecule has 0 aliphatic rings. The van der Waals surface area contributed by atoms with Gasteiger partial charge in [0.1, 0.15) is 25.1 Å². The Morgan fingerprint density at radius 2 is 1.96 bits per heavy atom. The zero-order valence-electron chi connectivity index (χ0n) is 14.7. The summed E-state index contributed by atoms with van der Waals surface area (Å²) in [4.78, 5) is 24.7. The fourth-order valence-electron chi connectivity index (χ4n) is 2.07. The van der Waals surface area contributed by atoms with Crippen LogP contribution in [0.25, 0.3) is 0 Å². The van der Waals surface area contributed by atoms with E-state index in [9.17, 15) is 23.7 Å². The average molecular weight is 420 g/mol. The minimum Gasteiger partial charge on any atom is -0.426 e. The number of hydrogen-bond acceptors (Lipinski definition) is 7. The molecule has 0 radical (unpaired) electrons. The largest absolute Gasteiger partial charge is 0.426 e. The zero-order valence-corrected chi connectivity index (χ0v) is 15.7. The summed E-state index contributed by atoms with van der Waals surface area (Å²) in [5, 5.41) is 9.70. The Balaban J connectivity index is 2.09. The smallest absolute Gasteiger partial charge is 0.368 e. The Labute approximate surface area is 158 Å². The zero-order chi connectivity index (χ0) is 20.7. The van der Waals surface area contributed by atoms with Crippen molar-refractivity contribution < 1.29 is 32.2 Å². The molecule has 0 aliphatic heterocycles. The molecule has 0 saturated carbocycles. The van der Waals surface area contributed by atoms with Gasteiger partial charge in [0, 0.05) is 12.3 Å². The van der Waals surface area contributed by atoms with E-state index in [1.165, 1.54) is 12.1 Å². The van der Waals surface area contributed by atoms with Gasteiger partial charge >= 0.3 is 13.9 Å². The number of aliphatic hydroxyl groups excluding tert-OH is 1. The minimum atomic E-state index is -3.22. The number of para-hydroxylation sites is 1. The molecule has 4 atom stereocenters. The van der Waals surface area contributed by atoms with E-state index in [2.05, 4.69) is 0 Å². The van der Waals surface area contributed by atoms with Gasteiger partial charge in [-0.1, -0.05) is 18.2 Å². The molecule has 28 heavy (non-hydrogen) atoms. The number of aromatic nitrogens is 2. The van der Waals surface area contributed by atoms with Gasteiger partial charge in [0.05, 0.1) is 0 Å². The maximum Gasteiger partial charge on any atom is 0.368 e. The molecule has 0 aliphatic carbocycles. The SMILES string of the molecule is C[C@H](O)[C@@](F)(CO[PH](=O)Oc1ccccc1)O[C@H](CF)n1ccc(=O)[nH]c1=O. The summed E-state index contributed by atoms with van der Waals surface area (Å²) in [6.07, 6.45) is -2.74. The number of H-pyrrole nitrogens is 1. The number of ether oxygens (including phenoxy) is 1. The first-order valence-electron chi connectivity index (χ1n) is 8.07. The van der Waals surface area contributed by atoms with Crippen LogP contribution in [-0.4, -0.2) is 39.9 Å². The summed E-state index contributed by atoms with van der Waals surface area (Å²) in [5.74, 6) is -2.80. The Morgan fingerprint density at radius 1 is 1.29 bits per heavy atom. The van der Waals surface area contributed by atoms with Gasteiger partial charge in [0.15, 0.2) is 6.23 Å². The van der Waals surface area contributed by atoms with Gasteiger partial charge in [-0.25, -0.2) is 18.1 Å². The lowest BCUT2D eigenvalue weighted by atomic mass is 10.2. The van der Waals surface area contributed by atoms with E-state index in [0.29, 0.717) is 4.57 Å². The topological polar surface area (TPSA) is 120 Å². The van der Waals surface area contributed by atoms with E-state index in [1.807, 2.05) is 4.98 Å². The van der Waals surface area contributed by atoms with Gasteiger partial charge in [0.25, 0.3) is 11.4 Å². The molecule has 2 aromatic rings. The lowest BCUT2D eigenvalue weighted by molar-refractivity contribution is -0.260. The van der Waals surface area contributed by atoms with Crippen LogP contribution in [0.2, 0.25) is 0 Å². The van der Waals surface area contributed by atoms with Crippen LogP contribution >= 0.6 is 8.25 Å². The molecule has 1 heterocycles. The fourth-order valence-corrected chi connectivity index (χ4v) is 2.77. The first kappa shape index (κ1) is 22.0. The molecular weight excluding hydrogens is 401 g/mol. The van der Waals surface area contributed by atoms with E-state index in [0.717, 1.165) is 19.2 Å². The van der Waals surface area contributed by atoms with Gasteiger partial charge in [-0.05, 0) is 19.1 Å². The van der Waals surface area contributed by atoms with Gasteiger partial charge in [0.2, 0.25) is 0 Å². The predicted molar refractivity (Wildman–Crippen MR) is 95.0 cm³/mol. The van der Waals surface area contributed by atoms with Crippen molar-refractivity contribution in [2.45, 2.75) is 25.1 Å². The van der Waals surface area contributed by atoms with Crippen LogP contribution in [0.1, 0.15) is 13.2 Å². The highest BCUT2D eigenvalue weighted by Gasteiger charge is 2.41. The van der Waals surface area contributed by atoms with Gasteiger partial charge in [-0.2, -0.15) is 0 Å². The second-order valence-corrected chi connectivity index (χ2v) is 6.65. The maximum atomic E-state index is 15.0. The first-order chi connectivity index (χ1) is 13.2. The van der Waals surface area contributed by atoms with Crippen molar-refractivity contribution in [3.8, 4) is 5.75 Å². The van der Waals surface area contributed by atoms with Crippen LogP contribution in [0.15, 0.2) is 52.2 Å². The Hall–Kier alpha value is -2.33. The highest BCUT2D eigenvalue weighted by atomic mass is 31.1. The minimum absolute atomic E-state index is 0.218. The lowest BCUT2D eigenvalue weighted by Gasteiger charge is -2.31. The Bertz CT molecular complexity index is 906. The Kier molecular flexibility index (Phi) is 7.64. The van der Waals surface area contributed by atoms with Gasteiger partial charge < -0.3 is 14.4 Å². The molecule has 12 heteroatoms. The molecule has 0 spiro atoms. The number of aromatic amines is 1. The summed E-state index contributed by atoms with van der Waals surface area (Å²) < 4.78 is 55.5. The molecule has 1 aromatic carbocycles. The maximum absolute atomic E-state index is 15.0. The second-order valence-electron chi connectivity index (χ2n) is 5.66. The number of benzene rings is 1. The standard InChI is InChI=1S/C16H19F2N2O7P/c1-11(21)16(18,10-25-28(24)27-12-5-3-2-4-6-12)26-14(9-17)20-8-7-13(22)19-15(20)23/h2-8,11,14,21,28H,9-10H2,1H3,(H,19,22,23)/t11-,14+,16+/m0/s1. The van der Waals surface area contributed by atoms with Crippen molar-refractivity contribution in [1.29, 1.82) is 0 Å². The van der Waals surface area contributed by atoms with E-state index in [1.54, 1.807) is 18.2 Å². The molecule has 0 bridgehead atoms. The van der Waals surface area contributed by atoms with Crippen molar-refractivity contribution in [3.05, 3.63) is 63.4 Å². The highest BCUT2D eigenvalue weighted by Crippen LogP contribution is 2.32. The van der Waals surface area contributed by atoms with Crippen LogP contribution in [0.5, 0.6) is 5.75 Å². The number of nitrogens with zero attached hydrogens (tertiary/aromatic N) is 1. The molecule has 0 amide bonds. The molecule has 1 aromatic heterocycles. The third-order valence-corrected chi connectivity index (χ3v) is 4.36. The molecule has 0 saturated heterocycles. The third kappa shape index (κ3) is 5.83. The second kappa shape index (κ2) is 9.74. The fraction of sp³-hybridized carbons (Fsp3) is 0.375. The van der Waals surface area contributed by atoms with Gasteiger partial charge in [-0.3, -0.25) is 18.9 Å². The van der Waals surface area contributed by atoms with E-state index in [-0.39, 0.29) is 5.75 Å². The van der Waals surface area contributed by atoms with Crippen LogP contribution in [0.4, 0.5) is 8.78 Å². The van der Waals surface area contributed by atoms with Gasteiger partial charge in [-0.15, -0.1) is 0 Å². The molecule has 2 N–H and O–H groups in total. The number of alkyl halides is 2. The number of rotatable bonds is 10.